The van der Waals surface area contributed by atoms with Crippen LogP contribution in [0.3, 0.4) is 0 Å². The molecule has 2 aromatic carbocycles. The summed E-state index contributed by atoms with van der Waals surface area (Å²) in [5.41, 5.74) is 2.76. The first-order valence-corrected chi connectivity index (χ1v) is 11.4. The Hall–Kier alpha value is -3.50. The molecule has 11 heteroatoms. The number of carbonyl (C=O) groups excluding carboxylic acids is 2. The van der Waals surface area contributed by atoms with Crippen molar-refractivity contribution in [1.82, 2.24) is 25.0 Å². The van der Waals surface area contributed by atoms with Crippen molar-refractivity contribution < 1.29 is 14.3 Å². The van der Waals surface area contributed by atoms with Gasteiger partial charge in [-0.2, -0.15) is 0 Å². The summed E-state index contributed by atoms with van der Waals surface area (Å²) in [6, 6.07) is 14.1. The number of carbonyl (C=O) groups is 2. The largest absolute Gasteiger partial charge is 0.462 e. The van der Waals surface area contributed by atoms with Gasteiger partial charge in [-0.1, -0.05) is 52.8 Å². The van der Waals surface area contributed by atoms with Crippen molar-refractivity contribution in [2.45, 2.75) is 18.5 Å². The molecule has 0 atom stereocenters. The molecular formula is C22H19ClN6O3S. The molecule has 0 aliphatic heterocycles. The highest BCUT2D eigenvalue weighted by atomic mass is 35.5. The highest BCUT2D eigenvalue weighted by Gasteiger charge is 2.16. The van der Waals surface area contributed by atoms with Crippen molar-refractivity contribution in [1.29, 1.82) is 0 Å². The summed E-state index contributed by atoms with van der Waals surface area (Å²) in [5.74, 6) is -0.722. The van der Waals surface area contributed by atoms with Crippen LogP contribution >= 0.6 is 23.4 Å². The zero-order valence-corrected chi connectivity index (χ0v) is 19.1. The number of nitrogens with zero attached hydrogens (tertiary/aromatic N) is 5. The van der Waals surface area contributed by atoms with Gasteiger partial charge < -0.3 is 10.1 Å². The van der Waals surface area contributed by atoms with Gasteiger partial charge in [0, 0.05) is 5.02 Å². The maximum atomic E-state index is 12.5. The minimum absolute atomic E-state index is 0.0628. The van der Waals surface area contributed by atoms with Crippen molar-refractivity contribution in [3.63, 3.8) is 0 Å². The summed E-state index contributed by atoms with van der Waals surface area (Å²) >= 11 is 7.16. The second-order valence-corrected chi connectivity index (χ2v) is 8.23. The SMILES string of the molecule is CCOC(=O)c1ccccc1NC(=O)CSc1ncnc2c1nnn2Cc1ccc(Cl)cc1. The zero-order chi connectivity index (χ0) is 23.2. The molecule has 4 rings (SSSR count). The summed E-state index contributed by atoms with van der Waals surface area (Å²) in [6.45, 7) is 2.45. The molecule has 0 unspecified atom stereocenters. The molecule has 0 bridgehead atoms. The van der Waals surface area contributed by atoms with E-state index >= 15 is 0 Å². The lowest BCUT2D eigenvalue weighted by molar-refractivity contribution is -0.113. The van der Waals surface area contributed by atoms with Crippen LogP contribution in [0, 0.1) is 0 Å². The average Bonchev–Trinajstić information content (AvgIpc) is 3.23. The Morgan fingerprint density at radius 3 is 2.70 bits per heavy atom. The maximum absolute atomic E-state index is 12.5. The molecule has 9 nitrogen and oxygen atoms in total. The predicted octanol–water partition coefficient (Wildman–Crippen LogP) is 3.83. The van der Waals surface area contributed by atoms with E-state index in [4.69, 9.17) is 16.3 Å². The van der Waals surface area contributed by atoms with E-state index in [2.05, 4.69) is 25.6 Å². The monoisotopic (exact) mass is 482 g/mol. The molecule has 1 amide bonds. The Morgan fingerprint density at radius 1 is 1.12 bits per heavy atom. The van der Waals surface area contributed by atoms with Gasteiger partial charge in [-0.15, -0.1) is 5.10 Å². The summed E-state index contributed by atoms with van der Waals surface area (Å²) in [4.78, 5) is 33.2. The van der Waals surface area contributed by atoms with Crippen LogP contribution in [0.25, 0.3) is 11.2 Å². The van der Waals surface area contributed by atoms with Gasteiger partial charge in [-0.3, -0.25) is 4.79 Å². The maximum Gasteiger partial charge on any atom is 0.340 e. The van der Waals surface area contributed by atoms with Crippen molar-refractivity contribution >= 4 is 52.1 Å². The first kappa shape index (κ1) is 22.7. The lowest BCUT2D eigenvalue weighted by Gasteiger charge is -2.10. The molecule has 0 saturated carbocycles. The van der Waals surface area contributed by atoms with E-state index in [0.29, 0.717) is 39.0 Å². The van der Waals surface area contributed by atoms with Crippen LogP contribution < -0.4 is 5.32 Å². The number of hydrogen-bond acceptors (Lipinski definition) is 8. The summed E-state index contributed by atoms with van der Waals surface area (Å²) in [6.07, 6.45) is 1.42. The first-order valence-electron chi connectivity index (χ1n) is 10.0. The van der Waals surface area contributed by atoms with Gasteiger partial charge in [0.25, 0.3) is 0 Å². The Morgan fingerprint density at radius 2 is 1.91 bits per heavy atom. The zero-order valence-electron chi connectivity index (χ0n) is 17.6. The van der Waals surface area contributed by atoms with E-state index in [9.17, 15) is 9.59 Å². The van der Waals surface area contributed by atoms with Crippen LogP contribution in [-0.4, -0.2) is 49.2 Å². The van der Waals surface area contributed by atoms with Gasteiger partial charge in [0.1, 0.15) is 11.4 Å². The normalized spacial score (nSPS) is 10.8. The third kappa shape index (κ3) is 5.47. The molecule has 0 aliphatic rings. The second kappa shape index (κ2) is 10.4. The number of para-hydroxylation sites is 1. The van der Waals surface area contributed by atoms with Crippen LogP contribution in [0.2, 0.25) is 5.02 Å². The molecule has 2 aromatic heterocycles. The predicted molar refractivity (Wildman–Crippen MR) is 125 cm³/mol. The molecule has 0 spiro atoms. The number of hydrogen-bond donors (Lipinski definition) is 1. The molecule has 0 aliphatic carbocycles. The van der Waals surface area contributed by atoms with Crippen molar-refractivity contribution in [3.05, 3.63) is 71.0 Å². The standard InChI is InChI=1S/C22H19ClN6O3S/c1-2-32-22(31)16-5-3-4-6-17(16)26-18(30)12-33-21-19-20(24-13-25-21)29(28-27-19)11-14-7-9-15(23)10-8-14/h3-10,13H,2,11-12H2,1H3,(H,26,30). The number of fused-ring (bicyclic) bond motifs is 1. The van der Waals surface area contributed by atoms with Crippen LogP contribution in [0.1, 0.15) is 22.8 Å². The van der Waals surface area contributed by atoms with E-state index in [0.717, 1.165) is 5.56 Å². The lowest BCUT2D eigenvalue weighted by atomic mass is 10.2. The molecule has 4 aromatic rings. The molecule has 33 heavy (non-hydrogen) atoms. The number of ether oxygens (including phenoxy) is 1. The smallest absolute Gasteiger partial charge is 0.340 e. The molecule has 0 saturated heterocycles. The minimum atomic E-state index is -0.490. The minimum Gasteiger partial charge on any atom is -0.462 e. The molecule has 0 fully saturated rings. The number of aromatic nitrogens is 5. The first-order chi connectivity index (χ1) is 16.0. The fourth-order valence-electron chi connectivity index (χ4n) is 3.05. The average molecular weight is 483 g/mol. The van der Waals surface area contributed by atoms with E-state index in [1.54, 1.807) is 35.9 Å². The summed E-state index contributed by atoms with van der Waals surface area (Å²) in [5, 5.41) is 12.3. The van der Waals surface area contributed by atoms with Gasteiger partial charge in [0.15, 0.2) is 11.2 Å². The Balaban J connectivity index is 1.45. The topological polar surface area (TPSA) is 112 Å². The Bertz CT molecular complexity index is 1300. The number of esters is 1. The van der Waals surface area contributed by atoms with E-state index in [-0.39, 0.29) is 18.3 Å². The van der Waals surface area contributed by atoms with Gasteiger partial charge in [0.2, 0.25) is 5.91 Å². The van der Waals surface area contributed by atoms with Crippen LogP contribution in [-0.2, 0) is 16.1 Å². The van der Waals surface area contributed by atoms with E-state index in [1.165, 1.54) is 18.1 Å². The number of thioether (sulfide) groups is 1. The Labute approximate surface area is 198 Å². The molecule has 2 heterocycles. The number of nitrogens with one attached hydrogen (secondary N) is 1. The number of anilines is 1. The third-order valence-corrected chi connectivity index (χ3v) is 5.78. The second-order valence-electron chi connectivity index (χ2n) is 6.83. The summed E-state index contributed by atoms with van der Waals surface area (Å²) < 4.78 is 6.71. The van der Waals surface area contributed by atoms with Crippen molar-refractivity contribution in [2.24, 2.45) is 0 Å². The van der Waals surface area contributed by atoms with Gasteiger partial charge in [0.05, 0.1) is 30.2 Å². The number of benzene rings is 2. The van der Waals surface area contributed by atoms with Crippen LogP contribution in [0.15, 0.2) is 59.9 Å². The number of halogens is 1. The molecular weight excluding hydrogens is 464 g/mol. The van der Waals surface area contributed by atoms with E-state index in [1.807, 2.05) is 24.3 Å². The number of rotatable bonds is 8. The molecule has 0 radical (unpaired) electrons. The van der Waals surface area contributed by atoms with Crippen molar-refractivity contribution in [3.8, 4) is 0 Å². The van der Waals surface area contributed by atoms with E-state index < -0.39 is 5.97 Å². The Kier molecular flexibility index (Phi) is 7.16. The highest BCUT2D eigenvalue weighted by Crippen LogP contribution is 2.24. The van der Waals surface area contributed by atoms with Crippen LogP contribution in [0.4, 0.5) is 5.69 Å². The molecule has 1 N–H and O–H groups in total. The van der Waals surface area contributed by atoms with Crippen molar-refractivity contribution in [2.75, 3.05) is 17.7 Å². The highest BCUT2D eigenvalue weighted by molar-refractivity contribution is 8.00. The summed E-state index contributed by atoms with van der Waals surface area (Å²) in [7, 11) is 0. The molecule has 168 valence electrons. The number of amides is 1. The fourth-order valence-corrected chi connectivity index (χ4v) is 3.90. The van der Waals surface area contributed by atoms with Gasteiger partial charge >= 0.3 is 5.97 Å². The third-order valence-electron chi connectivity index (χ3n) is 4.55. The fraction of sp³-hybridized carbons (Fsp3) is 0.182. The quantitative estimate of drug-likeness (QED) is 0.229. The van der Waals surface area contributed by atoms with Gasteiger partial charge in [-0.05, 0) is 36.8 Å². The van der Waals surface area contributed by atoms with Gasteiger partial charge in [-0.25, -0.2) is 19.4 Å². The van der Waals surface area contributed by atoms with Crippen LogP contribution in [0.5, 0.6) is 0 Å². The lowest BCUT2D eigenvalue weighted by Crippen LogP contribution is -2.17.